The fourth-order valence-electron chi connectivity index (χ4n) is 1.30. The predicted molar refractivity (Wildman–Crippen MR) is 71.5 cm³/mol. The number of nitrogens with zero attached hydrogens (tertiary/aromatic N) is 3. The second kappa shape index (κ2) is 7.02. The normalized spacial score (nSPS) is 13.3. The van der Waals surface area contributed by atoms with E-state index in [2.05, 4.69) is 9.97 Å². The molecule has 0 spiro atoms. The molecule has 0 aliphatic rings. The monoisotopic (exact) mass is 314 g/mol. The second-order valence-electron chi connectivity index (χ2n) is 3.58. The molecule has 2 atom stereocenters. The second-order valence-corrected chi connectivity index (χ2v) is 4.37. The summed E-state index contributed by atoms with van der Waals surface area (Å²) in [4.78, 5) is 28.9. The summed E-state index contributed by atoms with van der Waals surface area (Å²) < 4.78 is 0. The van der Waals surface area contributed by atoms with Crippen molar-refractivity contribution in [2.24, 2.45) is 0 Å². The van der Waals surface area contributed by atoms with Crippen LogP contribution in [-0.2, 0) is 9.68 Å². The number of rotatable bonds is 6. The number of alkyl halides is 2. The molecule has 2 heterocycles. The van der Waals surface area contributed by atoms with Crippen molar-refractivity contribution in [3.05, 3.63) is 65.1 Å². The van der Waals surface area contributed by atoms with Gasteiger partial charge in [-0.25, -0.2) is 0 Å². The molecule has 8 heteroatoms. The smallest absolute Gasteiger partial charge is 0.256 e. The van der Waals surface area contributed by atoms with Crippen LogP contribution in [-0.4, -0.2) is 15.1 Å². The van der Waals surface area contributed by atoms with E-state index in [1.807, 2.05) is 0 Å². The van der Waals surface area contributed by atoms with Crippen LogP contribution in [0.15, 0.2) is 48.8 Å². The van der Waals surface area contributed by atoms with E-state index in [4.69, 9.17) is 32.9 Å². The lowest BCUT2D eigenvalue weighted by Gasteiger charge is -2.04. The Hall–Kier alpha value is -1.92. The average molecular weight is 315 g/mol. The first-order valence-corrected chi connectivity index (χ1v) is 6.45. The maximum atomic E-state index is 11.5. The van der Waals surface area contributed by atoms with Crippen molar-refractivity contribution in [2.75, 3.05) is 0 Å². The van der Waals surface area contributed by atoms with E-state index in [1.165, 1.54) is 12.4 Å². The highest BCUT2D eigenvalue weighted by Gasteiger charge is 2.28. The molecule has 0 aromatic carbocycles. The van der Waals surface area contributed by atoms with Gasteiger partial charge in [0, 0.05) is 12.4 Å². The van der Waals surface area contributed by atoms with Gasteiger partial charge in [0.25, 0.3) is 11.1 Å². The lowest BCUT2D eigenvalue weighted by Crippen LogP contribution is -2.15. The molecular formula is C12H10Cl2N3O3+. The summed E-state index contributed by atoms with van der Waals surface area (Å²) in [6, 6.07) is 10.1. The summed E-state index contributed by atoms with van der Waals surface area (Å²) in [5.74, 6) is 0. The van der Waals surface area contributed by atoms with Crippen LogP contribution in [0, 0.1) is 4.91 Å². The van der Waals surface area contributed by atoms with Crippen molar-refractivity contribution in [3.63, 3.8) is 0 Å². The van der Waals surface area contributed by atoms with Crippen molar-refractivity contribution in [2.45, 2.75) is 11.1 Å². The van der Waals surface area contributed by atoms with Gasteiger partial charge in [-0.2, -0.15) is 9.68 Å². The highest BCUT2D eigenvalue weighted by Crippen LogP contribution is 2.23. The zero-order chi connectivity index (χ0) is 14.4. The Morgan fingerprint density at radius 2 is 1.35 bits per heavy atom. The van der Waals surface area contributed by atoms with Gasteiger partial charge < -0.3 is 0 Å². The minimum Gasteiger partial charge on any atom is -0.256 e. The Balaban J connectivity index is 1.90. The molecular weight excluding hydrogens is 305 g/mol. The van der Waals surface area contributed by atoms with Crippen LogP contribution in [0.25, 0.3) is 0 Å². The molecule has 0 saturated heterocycles. The fourth-order valence-corrected chi connectivity index (χ4v) is 1.69. The van der Waals surface area contributed by atoms with Gasteiger partial charge >= 0.3 is 5.09 Å². The lowest BCUT2D eigenvalue weighted by atomic mass is 10.4. The third-order valence-electron chi connectivity index (χ3n) is 2.20. The van der Waals surface area contributed by atoms with Crippen molar-refractivity contribution in [3.8, 4) is 0 Å². The topological polar surface area (TPSA) is 64.3 Å². The number of pyridine rings is 2. The molecule has 0 radical (unpaired) electrons. The fraction of sp³-hybridized carbons (Fsp3) is 0.167. The molecule has 20 heavy (non-hydrogen) atoms. The third-order valence-corrected chi connectivity index (χ3v) is 2.80. The van der Waals surface area contributed by atoms with Crippen molar-refractivity contribution in [1.82, 2.24) is 9.97 Å². The minimum atomic E-state index is -1.08. The third kappa shape index (κ3) is 4.04. The Labute approximate surface area is 124 Å². The first-order chi connectivity index (χ1) is 9.66. The molecule has 0 amide bonds. The van der Waals surface area contributed by atoms with Gasteiger partial charge in [-0.1, -0.05) is 35.3 Å². The average Bonchev–Trinajstić information content (AvgIpc) is 2.49. The van der Waals surface area contributed by atoms with E-state index in [1.54, 1.807) is 36.4 Å². The molecule has 0 N–H and O–H groups in total. The van der Waals surface area contributed by atoms with Crippen LogP contribution in [0.1, 0.15) is 22.5 Å². The van der Waals surface area contributed by atoms with E-state index < -0.39 is 11.1 Å². The van der Waals surface area contributed by atoms with Crippen LogP contribution in [0.3, 0.4) is 0 Å². The van der Waals surface area contributed by atoms with E-state index in [0.717, 1.165) is 0 Å². The van der Waals surface area contributed by atoms with Gasteiger partial charge in [0.15, 0.2) is 0 Å². The molecule has 2 aromatic heterocycles. The van der Waals surface area contributed by atoms with E-state index >= 15 is 0 Å². The van der Waals surface area contributed by atoms with Gasteiger partial charge in [-0.05, 0) is 24.3 Å². The maximum absolute atomic E-state index is 11.5. The zero-order valence-corrected chi connectivity index (χ0v) is 11.6. The molecule has 0 aliphatic heterocycles. The molecule has 0 bridgehead atoms. The van der Waals surface area contributed by atoms with Crippen LogP contribution in [0.2, 0.25) is 0 Å². The van der Waals surface area contributed by atoms with Gasteiger partial charge in [0.1, 0.15) is 16.3 Å². The lowest BCUT2D eigenvalue weighted by molar-refractivity contribution is -0.989. The Bertz CT molecular complexity index is 507. The molecule has 0 aliphatic carbocycles. The van der Waals surface area contributed by atoms with E-state index in [0.29, 0.717) is 11.4 Å². The molecule has 6 nitrogen and oxygen atoms in total. The SMILES string of the molecule is O=[N+](OC(Cl)c1ccccn1)OC(Cl)c1ccccn1. The van der Waals surface area contributed by atoms with E-state index in [-0.39, 0.29) is 5.09 Å². The van der Waals surface area contributed by atoms with Crippen molar-refractivity contribution < 1.29 is 14.8 Å². The van der Waals surface area contributed by atoms with Crippen LogP contribution in [0.5, 0.6) is 0 Å². The highest BCUT2D eigenvalue weighted by molar-refractivity contribution is 6.19. The van der Waals surface area contributed by atoms with E-state index in [9.17, 15) is 4.91 Å². The number of hydrogen-bond donors (Lipinski definition) is 0. The summed E-state index contributed by atoms with van der Waals surface area (Å²) in [5.41, 5.74) is -1.41. The largest absolute Gasteiger partial charge is 0.481 e. The molecule has 2 aromatic rings. The number of halogens is 2. The summed E-state index contributed by atoms with van der Waals surface area (Å²) in [5, 5.41) is -0.154. The first-order valence-electron chi connectivity index (χ1n) is 5.57. The Morgan fingerprint density at radius 3 is 1.70 bits per heavy atom. The summed E-state index contributed by atoms with van der Waals surface area (Å²) >= 11 is 11.7. The number of hydrogen-bond acceptors (Lipinski definition) is 5. The standard InChI is InChI=1S/C12H10Cl2N3O3/c13-11(9-5-1-3-7-15-9)19-17(18)20-12(14)10-6-2-4-8-16-10/h1-8,11-12H/q+1. The Kier molecular flexibility index (Phi) is 5.09. The van der Waals surface area contributed by atoms with Gasteiger partial charge in [0.2, 0.25) is 0 Å². The quantitative estimate of drug-likeness (QED) is 0.604. The van der Waals surface area contributed by atoms with Gasteiger partial charge in [0.05, 0.1) is 0 Å². The van der Waals surface area contributed by atoms with Gasteiger partial charge in [-0.3, -0.25) is 9.97 Å². The van der Waals surface area contributed by atoms with Gasteiger partial charge in [-0.15, -0.1) is 0 Å². The molecule has 2 rings (SSSR count). The molecule has 0 saturated carbocycles. The summed E-state index contributed by atoms with van der Waals surface area (Å²) in [7, 11) is 0. The molecule has 0 fully saturated rings. The zero-order valence-electron chi connectivity index (χ0n) is 10.1. The van der Waals surface area contributed by atoms with Crippen molar-refractivity contribution >= 4 is 23.2 Å². The Morgan fingerprint density at radius 1 is 0.900 bits per heavy atom. The van der Waals surface area contributed by atoms with Crippen molar-refractivity contribution in [1.29, 1.82) is 0 Å². The van der Waals surface area contributed by atoms with Crippen LogP contribution < -0.4 is 0 Å². The predicted octanol–water partition coefficient (Wildman–Crippen LogP) is 3.29. The minimum absolute atomic E-state index is 0.154. The molecule has 104 valence electrons. The summed E-state index contributed by atoms with van der Waals surface area (Å²) in [6.07, 6.45) is 3.06. The summed E-state index contributed by atoms with van der Waals surface area (Å²) in [6.45, 7) is 0. The van der Waals surface area contributed by atoms with Crippen LogP contribution >= 0.6 is 23.2 Å². The number of aromatic nitrogens is 2. The first kappa shape index (κ1) is 14.5. The van der Waals surface area contributed by atoms with Crippen LogP contribution in [0.4, 0.5) is 0 Å². The highest BCUT2D eigenvalue weighted by atomic mass is 35.5. The molecule has 2 unspecified atom stereocenters. The maximum Gasteiger partial charge on any atom is 0.481 e.